The highest BCUT2D eigenvalue weighted by molar-refractivity contribution is 6.01. The Morgan fingerprint density at radius 1 is 1.00 bits per heavy atom. The summed E-state index contributed by atoms with van der Waals surface area (Å²) in [6, 6.07) is 20.3. The number of amides is 1. The van der Waals surface area contributed by atoms with Crippen LogP contribution in [-0.2, 0) is 4.79 Å². The van der Waals surface area contributed by atoms with Gasteiger partial charge in [-0.15, -0.1) is 0 Å². The van der Waals surface area contributed by atoms with Gasteiger partial charge in [0, 0.05) is 31.9 Å². The first-order chi connectivity index (χ1) is 13.1. The van der Waals surface area contributed by atoms with Crippen LogP contribution in [0.2, 0.25) is 0 Å². The van der Waals surface area contributed by atoms with Crippen molar-refractivity contribution in [3.8, 4) is 6.07 Å². The first-order valence-corrected chi connectivity index (χ1v) is 9.39. The summed E-state index contributed by atoms with van der Waals surface area (Å²) in [5, 5.41) is 9.49. The first-order valence-electron chi connectivity index (χ1n) is 9.39. The summed E-state index contributed by atoms with van der Waals surface area (Å²) in [6.07, 6.45) is 1.69. The molecular weight excluding hydrogens is 334 g/mol. The summed E-state index contributed by atoms with van der Waals surface area (Å²) in [5.41, 5.74) is 3.49. The molecule has 4 heteroatoms. The van der Waals surface area contributed by atoms with E-state index < -0.39 is 0 Å². The van der Waals surface area contributed by atoms with E-state index in [0.29, 0.717) is 19.0 Å². The molecule has 0 spiro atoms. The van der Waals surface area contributed by atoms with Gasteiger partial charge in [-0.05, 0) is 35.3 Å². The van der Waals surface area contributed by atoms with Crippen LogP contribution in [0.25, 0.3) is 6.08 Å². The second kappa shape index (κ2) is 8.55. The Labute approximate surface area is 161 Å². The molecule has 1 saturated heterocycles. The Kier molecular flexibility index (Phi) is 5.93. The third-order valence-electron chi connectivity index (χ3n) is 4.95. The fourth-order valence-corrected chi connectivity index (χ4v) is 3.26. The molecule has 1 heterocycles. The maximum Gasteiger partial charge on any atom is 0.264 e. The van der Waals surface area contributed by atoms with E-state index in [1.54, 1.807) is 11.0 Å². The molecule has 1 aliphatic rings. The van der Waals surface area contributed by atoms with Crippen molar-refractivity contribution < 1.29 is 4.79 Å². The molecule has 1 amide bonds. The van der Waals surface area contributed by atoms with Crippen LogP contribution in [0, 0.1) is 11.3 Å². The fourth-order valence-electron chi connectivity index (χ4n) is 3.26. The van der Waals surface area contributed by atoms with E-state index in [0.717, 1.165) is 18.7 Å². The van der Waals surface area contributed by atoms with Crippen molar-refractivity contribution in [3.05, 3.63) is 71.3 Å². The molecule has 3 rings (SSSR count). The van der Waals surface area contributed by atoms with Crippen LogP contribution in [-0.4, -0.2) is 37.0 Å². The molecule has 1 aliphatic heterocycles. The molecule has 0 unspecified atom stereocenters. The van der Waals surface area contributed by atoms with Gasteiger partial charge in [-0.3, -0.25) is 4.79 Å². The van der Waals surface area contributed by atoms with Crippen LogP contribution >= 0.6 is 0 Å². The van der Waals surface area contributed by atoms with Crippen molar-refractivity contribution in [2.75, 3.05) is 31.1 Å². The Balaban J connectivity index is 1.66. The fraction of sp³-hybridized carbons (Fsp3) is 0.304. The van der Waals surface area contributed by atoms with Gasteiger partial charge in [0.25, 0.3) is 5.91 Å². The van der Waals surface area contributed by atoms with Crippen LogP contribution in [0.3, 0.4) is 0 Å². The smallest absolute Gasteiger partial charge is 0.264 e. The maximum atomic E-state index is 12.8. The van der Waals surface area contributed by atoms with Gasteiger partial charge in [0.1, 0.15) is 11.6 Å². The molecule has 0 N–H and O–H groups in total. The average molecular weight is 359 g/mol. The van der Waals surface area contributed by atoms with E-state index >= 15 is 0 Å². The number of para-hydroxylation sites is 1. The summed E-state index contributed by atoms with van der Waals surface area (Å²) < 4.78 is 0. The van der Waals surface area contributed by atoms with Crippen molar-refractivity contribution in [2.24, 2.45) is 0 Å². The van der Waals surface area contributed by atoms with Gasteiger partial charge in [0.15, 0.2) is 0 Å². The molecule has 4 nitrogen and oxygen atoms in total. The van der Waals surface area contributed by atoms with Gasteiger partial charge in [-0.1, -0.05) is 56.3 Å². The van der Waals surface area contributed by atoms with Gasteiger partial charge >= 0.3 is 0 Å². The highest BCUT2D eigenvalue weighted by Crippen LogP contribution is 2.19. The number of piperazine rings is 1. The van der Waals surface area contributed by atoms with Crippen LogP contribution in [0.1, 0.15) is 30.9 Å². The number of anilines is 1. The molecule has 0 saturated carbocycles. The van der Waals surface area contributed by atoms with Crippen molar-refractivity contribution in [3.63, 3.8) is 0 Å². The number of rotatable bonds is 4. The number of hydrogen-bond donors (Lipinski definition) is 0. The molecule has 1 fully saturated rings. The van der Waals surface area contributed by atoms with Crippen molar-refractivity contribution in [1.29, 1.82) is 5.26 Å². The van der Waals surface area contributed by atoms with Crippen LogP contribution in [0.5, 0.6) is 0 Å². The topological polar surface area (TPSA) is 47.3 Å². The number of nitrogens with zero attached hydrogens (tertiary/aromatic N) is 3. The van der Waals surface area contributed by atoms with E-state index in [9.17, 15) is 10.1 Å². The molecule has 27 heavy (non-hydrogen) atoms. The summed E-state index contributed by atoms with van der Waals surface area (Å²) in [6.45, 7) is 7.08. The molecule has 0 bridgehead atoms. The van der Waals surface area contributed by atoms with Gasteiger partial charge in [-0.25, -0.2) is 0 Å². The molecule has 2 aromatic rings. The van der Waals surface area contributed by atoms with Crippen molar-refractivity contribution in [2.45, 2.75) is 19.8 Å². The Bertz CT molecular complexity index is 839. The van der Waals surface area contributed by atoms with E-state index in [-0.39, 0.29) is 11.5 Å². The number of benzene rings is 2. The van der Waals surface area contributed by atoms with Gasteiger partial charge in [0.2, 0.25) is 0 Å². The predicted molar refractivity (Wildman–Crippen MR) is 109 cm³/mol. The molecule has 0 radical (unpaired) electrons. The Morgan fingerprint density at radius 3 is 2.19 bits per heavy atom. The van der Waals surface area contributed by atoms with E-state index in [1.807, 2.05) is 30.3 Å². The first kappa shape index (κ1) is 18.7. The highest BCUT2D eigenvalue weighted by Gasteiger charge is 2.23. The summed E-state index contributed by atoms with van der Waals surface area (Å²) >= 11 is 0. The van der Waals surface area contributed by atoms with E-state index in [1.165, 1.54) is 11.3 Å². The standard InChI is InChI=1S/C23H25N3O/c1-18(2)20-10-8-19(9-11-20)16-21(17-24)23(27)26-14-12-25(13-15-26)22-6-4-3-5-7-22/h3-11,16,18H,12-15H2,1-2H3/b21-16-. The lowest BCUT2D eigenvalue weighted by Gasteiger charge is -2.36. The van der Waals surface area contributed by atoms with Crippen LogP contribution in [0.4, 0.5) is 5.69 Å². The maximum absolute atomic E-state index is 12.8. The largest absolute Gasteiger partial charge is 0.368 e. The zero-order valence-corrected chi connectivity index (χ0v) is 15.9. The molecule has 0 aliphatic carbocycles. The molecule has 2 aromatic carbocycles. The molecule has 0 aromatic heterocycles. The average Bonchev–Trinajstić information content (AvgIpc) is 2.72. The van der Waals surface area contributed by atoms with Gasteiger partial charge in [0.05, 0.1) is 0 Å². The minimum Gasteiger partial charge on any atom is -0.368 e. The molecular formula is C23H25N3O. The van der Waals surface area contributed by atoms with E-state index in [2.05, 4.69) is 49.1 Å². The van der Waals surface area contributed by atoms with Crippen LogP contribution in [0.15, 0.2) is 60.2 Å². The number of hydrogen-bond acceptors (Lipinski definition) is 3. The van der Waals surface area contributed by atoms with Gasteiger partial charge < -0.3 is 9.80 Å². The van der Waals surface area contributed by atoms with E-state index in [4.69, 9.17) is 0 Å². The number of nitriles is 1. The lowest BCUT2D eigenvalue weighted by molar-refractivity contribution is -0.126. The zero-order chi connectivity index (χ0) is 19.2. The normalized spacial score (nSPS) is 15.0. The predicted octanol–water partition coefficient (Wildman–Crippen LogP) is 4.07. The minimum absolute atomic E-state index is 0.182. The van der Waals surface area contributed by atoms with Crippen molar-refractivity contribution >= 4 is 17.7 Å². The SMILES string of the molecule is CC(C)c1ccc(/C=C(/C#N)C(=O)N2CCN(c3ccccc3)CC2)cc1. The second-order valence-corrected chi connectivity index (χ2v) is 7.11. The Morgan fingerprint density at radius 2 is 1.63 bits per heavy atom. The lowest BCUT2D eigenvalue weighted by Crippen LogP contribution is -2.49. The summed E-state index contributed by atoms with van der Waals surface area (Å²) in [5.74, 6) is 0.277. The minimum atomic E-state index is -0.182. The highest BCUT2D eigenvalue weighted by atomic mass is 16.2. The monoisotopic (exact) mass is 359 g/mol. The zero-order valence-electron chi connectivity index (χ0n) is 15.9. The third kappa shape index (κ3) is 4.57. The third-order valence-corrected chi connectivity index (χ3v) is 4.95. The van der Waals surface area contributed by atoms with Gasteiger partial charge in [-0.2, -0.15) is 5.26 Å². The molecule has 0 atom stereocenters. The second-order valence-electron chi connectivity index (χ2n) is 7.11. The number of carbonyl (C=O) groups excluding carboxylic acids is 1. The molecule has 138 valence electrons. The van der Waals surface area contributed by atoms with Crippen LogP contribution < -0.4 is 4.90 Å². The summed E-state index contributed by atoms with van der Waals surface area (Å²) in [4.78, 5) is 16.8. The quantitative estimate of drug-likeness (QED) is 0.611. The Hall–Kier alpha value is -3.06. The lowest BCUT2D eigenvalue weighted by atomic mass is 10.0. The summed E-state index contributed by atoms with van der Waals surface area (Å²) in [7, 11) is 0. The van der Waals surface area contributed by atoms with Crippen molar-refractivity contribution in [1.82, 2.24) is 4.90 Å². The number of carbonyl (C=O) groups is 1.